The van der Waals surface area contributed by atoms with Crippen LogP contribution >= 0.6 is 0 Å². The van der Waals surface area contributed by atoms with Crippen LogP contribution in [0, 0.1) is 27.7 Å². The minimum Gasteiger partial charge on any atom is -0.507 e. The summed E-state index contributed by atoms with van der Waals surface area (Å²) in [5.41, 5.74) is 5.41. The molecule has 25 nitrogen and oxygen atoms in total. The Balaban J connectivity index is 0.000000208. The summed E-state index contributed by atoms with van der Waals surface area (Å²) in [5.74, 6) is -7.06. The fourth-order valence-corrected chi connectivity index (χ4v) is 14.4. The number of methoxy groups -OCH3 is 2. The summed E-state index contributed by atoms with van der Waals surface area (Å²) in [6.45, 7) is 25.8. The predicted molar refractivity (Wildman–Crippen MR) is 418 cm³/mol. The Morgan fingerprint density at radius 3 is 0.927 bits per heavy atom. The highest BCUT2D eigenvalue weighted by Gasteiger charge is 2.35. The lowest BCUT2D eigenvalue weighted by Crippen LogP contribution is -2.21. The van der Waals surface area contributed by atoms with Crippen LogP contribution in [0.3, 0.4) is 0 Å². The molecule has 568 valence electrons. The van der Waals surface area contributed by atoms with E-state index in [1.807, 2.05) is 45.0 Å². The molecule has 10 aromatic carbocycles. The van der Waals surface area contributed by atoms with Crippen molar-refractivity contribution in [2.45, 2.75) is 134 Å². The number of hydrazone groups is 2. The number of ether oxygens (including phenoxy) is 2. The van der Waals surface area contributed by atoms with Crippen molar-refractivity contribution in [3.63, 3.8) is 0 Å². The van der Waals surface area contributed by atoms with Crippen LogP contribution in [0.15, 0.2) is 88.6 Å². The van der Waals surface area contributed by atoms with E-state index in [1.54, 1.807) is 132 Å². The van der Waals surface area contributed by atoms with Gasteiger partial charge in [0.1, 0.15) is 34.5 Å². The molecule has 0 aromatic heterocycles. The van der Waals surface area contributed by atoms with Crippen LogP contribution in [0.4, 0.5) is 11.4 Å². The van der Waals surface area contributed by atoms with Gasteiger partial charge in [0.15, 0.2) is 64.9 Å². The van der Waals surface area contributed by atoms with Crippen LogP contribution in [-0.4, -0.2) is 129 Å². The summed E-state index contributed by atoms with van der Waals surface area (Å²) in [7, 11) is 3.14. The number of carboxylic acids is 1. The van der Waals surface area contributed by atoms with E-state index in [9.17, 15) is 85.3 Å². The highest BCUT2D eigenvalue weighted by atomic mass is 16.5. The number of amides is 2. The second-order valence-corrected chi connectivity index (χ2v) is 27.9. The Morgan fingerprint density at radius 1 is 0.413 bits per heavy atom. The van der Waals surface area contributed by atoms with E-state index in [1.165, 1.54) is 23.2 Å². The largest absolute Gasteiger partial charge is 0.507 e. The molecule has 2 heterocycles. The molecule has 13 N–H and O–H groups in total. The number of aromatic hydroxyl groups is 12. The number of nitrogens with zero attached hydrogens (tertiary/aromatic N) is 4. The maximum absolute atomic E-state index is 13.8. The van der Waals surface area contributed by atoms with Crippen molar-refractivity contribution >= 4 is 109 Å². The number of anilines is 2. The zero-order valence-corrected chi connectivity index (χ0v) is 63.1. The molecule has 10 aromatic rings. The molecule has 0 saturated carbocycles. The third-order valence-electron chi connectivity index (χ3n) is 19.2. The summed E-state index contributed by atoms with van der Waals surface area (Å²) in [6.07, 6.45) is 2.82. The normalized spacial score (nSPS) is 13.1. The monoisotopic (exact) mass is 1490 g/mol. The summed E-state index contributed by atoms with van der Waals surface area (Å²) in [4.78, 5) is 70.6. The number of carboxylic acid groups (broad SMARTS) is 1. The molecule has 0 aliphatic carbocycles. The molecule has 0 unspecified atom stereocenters. The van der Waals surface area contributed by atoms with Crippen molar-refractivity contribution in [1.29, 1.82) is 0 Å². The van der Waals surface area contributed by atoms with Crippen molar-refractivity contribution < 1.29 is 105 Å². The van der Waals surface area contributed by atoms with Gasteiger partial charge in [0, 0.05) is 84.3 Å². The van der Waals surface area contributed by atoms with Crippen LogP contribution in [0.2, 0.25) is 0 Å². The van der Waals surface area contributed by atoms with E-state index in [0.717, 1.165) is 24.1 Å². The first-order chi connectivity index (χ1) is 51.3. The van der Waals surface area contributed by atoms with Gasteiger partial charge in [0.2, 0.25) is 0 Å². The third-order valence-corrected chi connectivity index (χ3v) is 19.2. The minimum absolute atomic E-state index is 0.00512. The maximum atomic E-state index is 13.8. The van der Waals surface area contributed by atoms with E-state index < -0.39 is 75.1 Å². The minimum atomic E-state index is -0.833. The van der Waals surface area contributed by atoms with Crippen molar-refractivity contribution in [3.8, 4) is 103 Å². The van der Waals surface area contributed by atoms with Crippen molar-refractivity contribution in [2.24, 2.45) is 10.2 Å². The van der Waals surface area contributed by atoms with Crippen molar-refractivity contribution in [3.05, 3.63) is 145 Å². The van der Waals surface area contributed by atoms with Gasteiger partial charge in [-0.05, 0) is 164 Å². The maximum Gasteiger partial charge on any atom is 0.300 e. The number of hydrogen-bond donors (Lipinski definition) is 13. The number of fused-ring (bicyclic) bond motifs is 4. The number of carbonyl (C=O) groups is 6. The van der Waals surface area contributed by atoms with Crippen LogP contribution in [0.25, 0.3) is 71.4 Å². The standard InChI is InChI=1S/C41H40N2O9.C30H30O8.C11H12N2O2.C2H4O2/c1-17(2)29-25-13-19(5)31(32-20(6)14-26-30(18(3)4)40(50)36(46)28(16-44)34(26)38(32)48)37(47)33(25)27(35(45)39(29)49)15-24-21(7)42-43(41(24)51)22-9-11-23(52-8)12-10-22;1-11(2)19-15-7-13(5)21(27(35)23(15)17(9-31)25(33)29(19)37)22-14(6)8-16-20(12(3)4)30(38)26(34)18(10-32)24(16)28(22)36;1-8-7-11(14)13(12-8)9-3-5-10(15-2)6-4-9;1-2(3)4/h9-18,45-50H,1-8H3;7-12,33-38H,1-6H3;3-6H,7H2,1-2H3;1H3,(H,3,4)/b24-15-;;;. The molecule has 0 bridgehead atoms. The summed E-state index contributed by atoms with van der Waals surface area (Å²) in [5, 5.41) is 155. The lowest BCUT2D eigenvalue weighted by atomic mass is 9.83. The van der Waals surface area contributed by atoms with Gasteiger partial charge in [0.25, 0.3) is 17.8 Å². The molecule has 0 saturated heterocycles. The third kappa shape index (κ3) is 14.1. The van der Waals surface area contributed by atoms with E-state index in [2.05, 4.69) is 10.2 Å². The Labute approximate surface area is 626 Å². The number of phenols is 12. The topological polar surface area (TPSA) is 415 Å². The van der Waals surface area contributed by atoms with Crippen LogP contribution in [0.1, 0.15) is 187 Å². The number of rotatable bonds is 14. The number of aldehydes is 3. The molecule has 0 fully saturated rings. The number of carbonyl (C=O) groups excluding carboxylic acids is 5. The fraction of sp³-hybridized carbons (Fsp3) is 0.262. The quantitative estimate of drug-likeness (QED) is 0.0273. The zero-order valence-electron chi connectivity index (χ0n) is 63.1. The average Bonchev–Trinajstić information content (AvgIpc) is 0.961. The van der Waals surface area contributed by atoms with Crippen LogP contribution in [0.5, 0.6) is 80.5 Å². The molecule has 2 aliphatic heterocycles. The summed E-state index contributed by atoms with van der Waals surface area (Å²) in [6, 6.07) is 20.7. The second-order valence-electron chi connectivity index (χ2n) is 27.9. The van der Waals surface area contributed by atoms with E-state index in [-0.39, 0.29) is 107 Å². The van der Waals surface area contributed by atoms with E-state index in [0.29, 0.717) is 108 Å². The zero-order chi connectivity index (χ0) is 80.9. The van der Waals surface area contributed by atoms with Crippen molar-refractivity contribution in [1.82, 2.24) is 0 Å². The van der Waals surface area contributed by atoms with E-state index >= 15 is 0 Å². The summed E-state index contributed by atoms with van der Waals surface area (Å²) >= 11 is 0. The molecule has 2 amide bonds. The van der Waals surface area contributed by atoms with Crippen LogP contribution < -0.4 is 19.5 Å². The number of hydrogen-bond acceptors (Lipinski definition) is 22. The van der Waals surface area contributed by atoms with E-state index in [4.69, 9.17) is 19.4 Å². The smallest absolute Gasteiger partial charge is 0.300 e. The van der Waals surface area contributed by atoms with Gasteiger partial charge in [-0.3, -0.25) is 28.8 Å². The lowest BCUT2D eigenvalue weighted by molar-refractivity contribution is -0.134. The van der Waals surface area contributed by atoms with Gasteiger partial charge < -0.3 is 75.9 Å². The molecular weight excluding hydrogens is 1400 g/mol. The number of aryl methyl sites for hydroxylation is 4. The Bertz CT molecular complexity index is 5450. The lowest BCUT2D eigenvalue weighted by Gasteiger charge is -2.23. The highest BCUT2D eigenvalue weighted by Crippen LogP contribution is 2.58. The summed E-state index contributed by atoms with van der Waals surface area (Å²) < 4.78 is 10.3. The first kappa shape index (κ1) is 80.0. The Kier molecular flexibility index (Phi) is 22.9. The first-order valence-corrected chi connectivity index (χ1v) is 34.6. The molecule has 0 atom stereocenters. The van der Waals surface area contributed by atoms with Crippen LogP contribution in [-0.2, 0) is 14.4 Å². The van der Waals surface area contributed by atoms with Gasteiger partial charge in [0.05, 0.1) is 60.0 Å². The number of phenolic OH excluding ortho intramolecular Hbond substituents is 12. The van der Waals surface area contributed by atoms with Gasteiger partial charge in [-0.25, -0.2) is 5.01 Å². The molecule has 0 radical (unpaired) electrons. The predicted octanol–water partition coefficient (Wildman–Crippen LogP) is 16.7. The first-order valence-electron chi connectivity index (χ1n) is 34.6. The SMILES string of the molecule is CC(=O)O.COc1ccc(N2N=C(C)/C(=C/c3c(O)c(O)c(C(C)C)c4cc(C)c(-c5c(C)cc6c(C(C)C)c(O)c(O)c(C=O)c6c5O)c(O)c34)C2=O)cc1.COc1ccc(N2N=C(C)CC2=O)cc1.Cc1cc2c(C(C)C)c(O)c(O)c(C=O)c2c(O)c1-c1c(C)cc2c(C(C)C)c(O)c(O)c(C=O)c2c1O. The van der Waals surface area contributed by atoms with Gasteiger partial charge >= 0.3 is 0 Å². The Morgan fingerprint density at radius 2 is 0.679 bits per heavy atom. The Hall–Kier alpha value is -13.1. The van der Waals surface area contributed by atoms with Gasteiger partial charge in [-0.1, -0.05) is 79.7 Å². The fourth-order valence-electron chi connectivity index (χ4n) is 14.4. The van der Waals surface area contributed by atoms with Crippen molar-refractivity contribution in [2.75, 3.05) is 24.2 Å². The molecular formula is C84H86N4O21. The highest BCUT2D eigenvalue weighted by molar-refractivity contribution is 6.33. The number of aliphatic carboxylic acids is 1. The molecule has 25 heteroatoms. The second kappa shape index (κ2) is 31.2. The van der Waals surface area contributed by atoms with Gasteiger partial charge in [-0.15, -0.1) is 0 Å². The molecule has 0 spiro atoms. The molecule has 12 rings (SSSR count). The molecule has 109 heavy (non-hydrogen) atoms. The molecule has 2 aliphatic rings. The van der Waals surface area contributed by atoms with Gasteiger partial charge in [-0.2, -0.15) is 15.2 Å². The average molecular weight is 1490 g/mol. The number of benzene rings is 10.